The standard InChI is InChI=1S/C16H30N2/c1-6-8-9-15(17-7-2)16(18(4)5)12-10-14(3)11-13-16/h14-15,17H,7,9-13H2,1-5H3. The van der Waals surface area contributed by atoms with Crippen molar-refractivity contribution in [3.63, 3.8) is 0 Å². The van der Waals surface area contributed by atoms with Gasteiger partial charge in [-0.1, -0.05) is 13.8 Å². The Morgan fingerprint density at radius 3 is 2.39 bits per heavy atom. The molecule has 0 saturated heterocycles. The van der Waals surface area contributed by atoms with Gasteiger partial charge in [-0.3, -0.25) is 0 Å². The van der Waals surface area contributed by atoms with Crippen LogP contribution in [0.3, 0.4) is 0 Å². The first-order valence-corrected chi connectivity index (χ1v) is 7.37. The average molecular weight is 250 g/mol. The molecule has 1 N–H and O–H groups in total. The minimum atomic E-state index is 0.298. The molecule has 1 aliphatic carbocycles. The van der Waals surface area contributed by atoms with Crippen LogP contribution in [0, 0.1) is 17.8 Å². The van der Waals surface area contributed by atoms with Crippen LogP contribution in [0.5, 0.6) is 0 Å². The van der Waals surface area contributed by atoms with Crippen molar-refractivity contribution in [1.82, 2.24) is 10.2 Å². The molecule has 1 rings (SSSR count). The number of likely N-dealkylation sites (N-methyl/N-ethyl adjacent to an activating group) is 2. The first-order chi connectivity index (χ1) is 8.56. The van der Waals surface area contributed by atoms with Crippen molar-refractivity contribution in [2.24, 2.45) is 5.92 Å². The molecule has 0 heterocycles. The summed E-state index contributed by atoms with van der Waals surface area (Å²) in [5.41, 5.74) is 0.298. The Hall–Kier alpha value is -0.520. The van der Waals surface area contributed by atoms with Crippen LogP contribution in [0.15, 0.2) is 0 Å². The van der Waals surface area contributed by atoms with Gasteiger partial charge < -0.3 is 10.2 Å². The zero-order valence-electron chi connectivity index (χ0n) is 12.8. The predicted molar refractivity (Wildman–Crippen MR) is 79.6 cm³/mol. The molecule has 1 aliphatic rings. The smallest absolute Gasteiger partial charge is 0.0365 e. The second kappa shape index (κ2) is 7.16. The number of hydrogen-bond donors (Lipinski definition) is 1. The van der Waals surface area contributed by atoms with Crippen LogP contribution in [0.1, 0.15) is 52.9 Å². The summed E-state index contributed by atoms with van der Waals surface area (Å²) < 4.78 is 0. The molecule has 2 nitrogen and oxygen atoms in total. The summed E-state index contributed by atoms with van der Waals surface area (Å²) in [7, 11) is 4.47. The summed E-state index contributed by atoms with van der Waals surface area (Å²) >= 11 is 0. The predicted octanol–water partition coefficient (Wildman–Crippen LogP) is 2.89. The Morgan fingerprint density at radius 2 is 1.94 bits per heavy atom. The van der Waals surface area contributed by atoms with Gasteiger partial charge in [0.2, 0.25) is 0 Å². The van der Waals surface area contributed by atoms with Gasteiger partial charge in [0.05, 0.1) is 0 Å². The molecular formula is C16H30N2. The fraction of sp³-hybridized carbons (Fsp3) is 0.875. The van der Waals surface area contributed by atoms with E-state index in [1.165, 1.54) is 25.7 Å². The van der Waals surface area contributed by atoms with Crippen molar-refractivity contribution in [2.75, 3.05) is 20.6 Å². The maximum absolute atomic E-state index is 3.68. The van der Waals surface area contributed by atoms with Crippen molar-refractivity contribution in [2.45, 2.75) is 64.5 Å². The van der Waals surface area contributed by atoms with Gasteiger partial charge in [0, 0.05) is 18.0 Å². The van der Waals surface area contributed by atoms with Gasteiger partial charge in [-0.2, -0.15) is 0 Å². The molecule has 2 heteroatoms. The largest absolute Gasteiger partial charge is 0.312 e. The third-order valence-corrected chi connectivity index (χ3v) is 4.61. The van der Waals surface area contributed by atoms with Gasteiger partial charge in [0.25, 0.3) is 0 Å². The molecule has 104 valence electrons. The minimum Gasteiger partial charge on any atom is -0.312 e. The second-order valence-corrected chi connectivity index (χ2v) is 5.92. The fourth-order valence-corrected chi connectivity index (χ4v) is 3.27. The lowest BCUT2D eigenvalue weighted by atomic mass is 9.71. The van der Waals surface area contributed by atoms with Gasteiger partial charge in [-0.05, 0) is 59.2 Å². The molecule has 0 aromatic heterocycles. The number of nitrogens with one attached hydrogen (secondary N) is 1. The molecule has 1 atom stereocenters. The van der Waals surface area contributed by atoms with Crippen LogP contribution in [-0.4, -0.2) is 37.1 Å². The van der Waals surface area contributed by atoms with Crippen LogP contribution in [-0.2, 0) is 0 Å². The summed E-state index contributed by atoms with van der Waals surface area (Å²) in [5, 5.41) is 3.68. The van der Waals surface area contributed by atoms with Gasteiger partial charge in [-0.25, -0.2) is 0 Å². The topological polar surface area (TPSA) is 15.3 Å². The van der Waals surface area contributed by atoms with Crippen LogP contribution >= 0.6 is 0 Å². The number of rotatable bonds is 5. The summed E-state index contributed by atoms with van der Waals surface area (Å²) in [6.07, 6.45) is 6.25. The molecular weight excluding hydrogens is 220 g/mol. The maximum atomic E-state index is 3.68. The van der Waals surface area contributed by atoms with E-state index in [2.05, 4.69) is 50.0 Å². The lowest BCUT2D eigenvalue weighted by molar-refractivity contribution is 0.0456. The SMILES string of the molecule is CC#CCC(NCC)C1(N(C)C)CCC(C)CC1. The Balaban J connectivity index is 2.87. The van der Waals surface area contributed by atoms with E-state index in [0.717, 1.165) is 18.9 Å². The molecule has 0 bridgehead atoms. The van der Waals surface area contributed by atoms with Crippen molar-refractivity contribution >= 4 is 0 Å². The number of nitrogens with zero attached hydrogens (tertiary/aromatic N) is 1. The highest BCUT2D eigenvalue weighted by Crippen LogP contribution is 2.38. The van der Waals surface area contributed by atoms with E-state index >= 15 is 0 Å². The fourth-order valence-electron chi connectivity index (χ4n) is 3.27. The lowest BCUT2D eigenvalue weighted by Crippen LogP contribution is -2.60. The van der Waals surface area contributed by atoms with E-state index in [9.17, 15) is 0 Å². The Kier molecular flexibility index (Phi) is 6.18. The molecule has 18 heavy (non-hydrogen) atoms. The summed E-state index contributed by atoms with van der Waals surface area (Å²) in [5.74, 6) is 7.22. The molecule has 0 aromatic rings. The van der Waals surface area contributed by atoms with Crippen molar-refractivity contribution in [1.29, 1.82) is 0 Å². The van der Waals surface area contributed by atoms with Gasteiger partial charge in [0.15, 0.2) is 0 Å². The number of hydrogen-bond acceptors (Lipinski definition) is 2. The van der Waals surface area contributed by atoms with E-state index in [0.29, 0.717) is 11.6 Å². The average Bonchev–Trinajstić information content (AvgIpc) is 2.35. The third-order valence-electron chi connectivity index (χ3n) is 4.61. The molecule has 1 fully saturated rings. The van der Waals surface area contributed by atoms with Crippen LogP contribution in [0.2, 0.25) is 0 Å². The zero-order valence-corrected chi connectivity index (χ0v) is 12.8. The Bertz CT molecular complexity index is 290. The van der Waals surface area contributed by atoms with Crippen LogP contribution in [0.25, 0.3) is 0 Å². The van der Waals surface area contributed by atoms with E-state index in [1.54, 1.807) is 0 Å². The quantitative estimate of drug-likeness (QED) is 0.755. The summed E-state index contributed by atoms with van der Waals surface area (Å²) in [6.45, 7) is 7.55. The van der Waals surface area contributed by atoms with Gasteiger partial charge in [-0.15, -0.1) is 11.8 Å². The monoisotopic (exact) mass is 250 g/mol. The molecule has 0 aliphatic heterocycles. The minimum absolute atomic E-state index is 0.298. The first-order valence-electron chi connectivity index (χ1n) is 7.37. The van der Waals surface area contributed by atoms with Crippen molar-refractivity contribution in [3.8, 4) is 11.8 Å². The van der Waals surface area contributed by atoms with Crippen molar-refractivity contribution < 1.29 is 0 Å². The highest BCUT2D eigenvalue weighted by atomic mass is 15.2. The van der Waals surface area contributed by atoms with E-state index in [1.807, 2.05) is 6.92 Å². The molecule has 1 saturated carbocycles. The summed E-state index contributed by atoms with van der Waals surface area (Å²) in [6, 6.07) is 0.498. The third kappa shape index (κ3) is 3.49. The van der Waals surface area contributed by atoms with Crippen LogP contribution < -0.4 is 5.32 Å². The molecule has 0 spiro atoms. The highest BCUT2D eigenvalue weighted by Gasteiger charge is 2.42. The second-order valence-electron chi connectivity index (χ2n) is 5.92. The normalized spacial score (nSPS) is 29.8. The van der Waals surface area contributed by atoms with Gasteiger partial charge in [0.1, 0.15) is 0 Å². The highest BCUT2D eigenvalue weighted by molar-refractivity contribution is 5.08. The molecule has 0 amide bonds. The van der Waals surface area contributed by atoms with Crippen LogP contribution in [0.4, 0.5) is 0 Å². The molecule has 1 unspecified atom stereocenters. The van der Waals surface area contributed by atoms with Crippen molar-refractivity contribution in [3.05, 3.63) is 0 Å². The van der Waals surface area contributed by atoms with E-state index in [4.69, 9.17) is 0 Å². The molecule has 0 radical (unpaired) electrons. The van der Waals surface area contributed by atoms with E-state index < -0.39 is 0 Å². The Morgan fingerprint density at radius 1 is 1.33 bits per heavy atom. The summed E-state index contributed by atoms with van der Waals surface area (Å²) in [4.78, 5) is 2.45. The van der Waals surface area contributed by atoms with E-state index in [-0.39, 0.29) is 0 Å². The zero-order chi connectivity index (χ0) is 13.6. The lowest BCUT2D eigenvalue weighted by Gasteiger charge is -2.49. The maximum Gasteiger partial charge on any atom is 0.0365 e. The Labute approximate surface area is 114 Å². The van der Waals surface area contributed by atoms with Gasteiger partial charge >= 0.3 is 0 Å². The molecule has 0 aromatic carbocycles. The first kappa shape index (κ1) is 15.5.